The zero-order chi connectivity index (χ0) is 19.7. The smallest absolute Gasteiger partial charge is 0.270 e. The van der Waals surface area contributed by atoms with Crippen LogP contribution in [0.1, 0.15) is 36.8 Å². The van der Waals surface area contributed by atoms with Gasteiger partial charge in [0.1, 0.15) is 0 Å². The van der Waals surface area contributed by atoms with Gasteiger partial charge < -0.3 is 14.7 Å². The molecule has 2 N–H and O–H groups in total. The van der Waals surface area contributed by atoms with Gasteiger partial charge in [0.25, 0.3) is 19.9 Å². The highest BCUT2D eigenvalue weighted by Crippen LogP contribution is 2.37. The van der Waals surface area contributed by atoms with E-state index in [9.17, 15) is 14.9 Å². The molecule has 140 valence electrons. The zero-order valence-corrected chi connectivity index (χ0v) is 16.6. The summed E-state index contributed by atoms with van der Waals surface area (Å²) < 4.78 is 7.75. The fourth-order valence-electron chi connectivity index (χ4n) is 2.12. The Labute approximate surface area is 153 Å². The van der Waals surface area contributed by atoms with Gasteiger partial charge in [0.15, 0.2) is 5.69 Å². The Morgan fingerprint density at radius 2 is 1.88 bits per heavy atom. The van der Waals surface area contributed by atoms with E-state index in [4.69, 9.17) is 10.2 Å². The number of rotatable bonds is 6. The van der Waals surface area contributed by atoms with Crippen LogP contribution in [0.5, 0.6) is 5.88 Å². The lowest BCUT2D eigenvalue weighted by atomic mass is 10.2. The number of non-ortho nitro benzene ring substituents is 1. The van der Waals surface area contributed by atoms with E-state index in [0.29, 0.717) is 6.54 Å². The highest BCUT2D eigenvalue weighted by molar-refractivity contribution is 6.74. The standard InChI is InChI=1S/C17H24N4O4Si/c1-17(2,3)26(4,5)25-16-14(15(18)22)20(11-19-16)10-12-6-8-13(9-7-12)21(23)24/h6-9,11H,10H2,1-5H3,(H2,18,22). The third-order valence-corrected chi connectivity index (χ3v) is 9.01. The molecule has 1 aromatic carbocycles. The monoisotopic (exact) mass is 376 g/mol. The van der Waals surface area contributed by atoms with Crippen molar-refractivity contribution in [1.29, 1.82) is 0 Å². The Morgan fingerprint density at radius 3 is 2.35 bits per heavy atom. The molecular weight excluding hydrogens is 352 g/mol. The molecule has 1 amide bonds. The number of carbonyl (C=O) groups is 1. The number of nitrogens with two attached hydrogens (primary N) is 1. The quantitative estimate of drug-likeness (QED) is 0.472. The lowest BCUT2D eigenvalue weighted by Crippen LogP contribution is -2.44. The molecule has 8 nitrogen and oxygen atoms in total. The number of benzene rings is 1. The maximum absolute atomic E-state index is 12.0. The first-order valence-electron chi connectivity index (χ1n) is 8.19. The van der Waals surface area contributed by atoms with Crippen LogP contribution in [0.2, 0.25) is 18.1 Å². The topological polar surface area (TPSA) is 113 Å². The van der Waals surface area contributed by atoms with E-state index in [-0.39, 0.29) is 22.3 Å². The molecule has 0 atom stereocenters. The van der Waals surface area contributed by atoms with Gasteiger partial charge in [-0.15, -0.1) is 0 Å². The van der Waals surface area contributed by atoms with Crippen molar-refractivity contribution in [3.63, 3.8) is 0 Å². The lowest BCUT2D eigenvalue weighted by Gasteiger charge is -2.35. The van der Waals surface area contributed by atoms with Crippen LogP contribution in [0.3, 0.4) is 0 Å². The molecule has 0 aliphatic rings. The van der Waals surface area contributed by atoms with E-state index in [1.54, 1.807) is 16.7 Å². The second-order valence-electron chi connectivity index (χ2n) is 7.68. The van der Waals surface area contributed by atoms with Gasteiger partial charge in [0.05, 0.1) is 11.3 Å². The molecule has 9 heteroatoms. The molecule has 0 radical (unpaired) electrons. The molecular formula is C17H24N4O4Si. The molecule has 2 aromatic rings. The van der Waals surface area contributed by atoms with Gasteiger partial charge in [-0.25, -0.2) is 4.98 Å². The van der Waals surface area contributed by atoms with Crippen molar-refractivity contribution >= 4 is 19.9 Å². The highest BCUT2D eigenvalue weighted by Gasteiger charge is 2.40. The van der Waals surface area contributed by atoms with Crippen LogP contribution in [0.15, 0.2) is 30.6 Å². The van der Waals surface area contributed by atoms with Crippen LogP contribution in [0, 0.1) is 10.1 Å². The Balaban J connectivity index is 2.32. The maximum atomic E-state index is 12.0. The third kappa shape index (κ3) is 4.10. The fourth-order valence-corrected chi connectivity index (χ4v) is 3.06. The molecule has 0 unspecified atom stereocenters. The summed E-state index contributed by atoms with van der Waals surface area (Å²) in [5, 5.41) is 10.7. The second-order valence-corrected chi connectivity index (χ2v) is 12.4. The number of nitro groups is 1. The summed E-state index contributed by atoms with van der Waals surface area (Å²) in [6, 6.07) is 6.11. The number of hydrogen-bond donors (Lipinski definition) is 1. The summed E-state index contributed by atoms with van der Waals surface area (Å²) in [4.78, 5) is 26.5. The third-order valence-electron chi connectivity index (χ3n) is 4.70. The molecule has 1 heterocycles. The number of nitro benzene ring substituents is 1. The van der Waals surface area contributed by atoms with E-state index in [0.717, 1.165) is 5.56 Å². The van der Waals surface area contributed by atoms with Crippen LogP contribution < -0.4 is 10.2 Å². The van der Waals surface area contributed by atoms with Crippen LogP contribution in [-0.2, 0) is 6.54 Å². The average molecular weight is 376 g/mol. The van der Waals surface area contributed by atoms with E-state index in [1.165, 1.54) is 18.5 Å². The minimum absolute atomic E-state index is 0.0106. The normalized spacial score (nSPS) is 12.0. The summed E-state index contributed by atoms with van der Waals surface area (Å²) in [7, 11) is -2.18. The highest BCUT2D eigenvalue weighted by atomic mass is 28.4. The average Bonchev–Trinajstić information content (AvgIpc) is 2.88. The van der Waals surface area contributed by atoms with Gasteiger partial charge in [-0.3, -0.25) is 14.9 Å². The van der Waals surface area contributed by atoms with Crippen molar-refractivity contribution < 1.29 is 14.1 Å². The molecule has 0 saturated carbocycles. The maximum Gasteiger partial charge on any atom is 0.270 e. The molecule has 0 spiro atoms. The fraction of sp³-hybridized carbons (Fsp3) is 0.412. The van der Waals surface area contributed by atoms with Crippen LogP contribution in [0.4, 0.5) is 5.69 Å². The first-order chi connectivity index (χ1) is 11.9. The van der Waals surface area contributed by atoms with Crippen molar-refractivity contribution in [2.24, 2.45) is 5.73 Å². The summed E-state index contributed by atoms with van der Waals surface area (Å²) >= 11 is 0. The molecule has 1 aromatic heterocycles. The predicted octanol–water partition coefficient (Wildman–Crippen LogP) is 3.32. The van der Waals surface area contributed by atoms with Crippen molar-refractivity contribution in [3.8, 4) is 5.88 Å². The number of aromatic nitrogens is 2. The van der Waals surface area contributed by atoms with E-state index < -0.39 is 19.1 Å². The molecule has 0 aliphatic carbocycles. The number of amides is 1. The molecule has 0 saturated heterocycles. The van der Waals surface area contributed by atoms with Crippen molar-refractivity contribution in [3.05, 3.63) is 52.0 Å². The first kappa shape index (κ1) is 19.6. The summed E-state index contributed by atoms with van der Waals surface area (Å²) in [5.41, 5.74) is 6.55. The summed E-state index contributed by atoms with van der Waals surface area (Å²) in [6.45, 7) is 10.7. The van der Waals surface area contributed by atoms with Crippen LogP contribution in [-0.4, -0.2) is 28.7 Å². The number of primary amides is 1. The lowest BCUT2D eigenvalue weighted by molar-refractivity contribution is -0.384. The molecule has 2 rings (SSSR count). The number of nitrogens with zero attached hydrogens (tertiary/aromatic N) is 3. The largest absolute Gasteiger partial charge is 0.529 e. The van der Waals surface area contributed by atoms with E-state index in [1.807, 2.05) is 0 Å². The minimum atomic E-state index is -2.18. The minimum Gasteiger partial charge on any atom is -0.529 e. The van der Waals surface area contributed by atoms with Gasteiger partial charge in [-0.05, 0) is 23.7 Å². The van der Waals surface area contributed by atoms with Gasteiger partial charge in [0, 0.05) is 18.7 Å². The predicted molar refractivity (Wildman–Crippen MR) is 101 cm³/mol. The SMILES string of the molecule is CC(C)(C)[Si](C)(C)Oc1ncn(Cc2ccc([N+](=O)[O-])cc2)c1C(N)=O. The second kappa shape index (κ2) is 6.91. The molecule has 26 heavy (non-hydrogen) atoms. The molecule has 0 aliphatic heterocycles. The Bertz CT molecular complexity index is 822. The van der Waals surface area contributed by atoms with Crippen molar-refractivity contribution in [1.82, 2.24) is 9.55 Å². The first-order valence-corrected chi connectivity index (χ1v) is 11.1. The van der Waals surface area contributed by atoms with Gasteiger partial charge in [-0.1, -0.05) is 32.9 Å². The molecule has 0 bridgehead atoms. The zero-order valence-electron chi connectivity index (χ0n) is 15.6. The van der Waals surface area contributed by atoms with Gasteiger partial charge >= 0.3 is 0 Å². The van der Waals surface area contributed by atoms with Crippen molar-refractivity contribution in [2.75, 3.05) is 0 Å². The number of imidazole rings is 1. The van der Waals surface area contributed by atoms with Crippen molar-refractivity contribution in [2.45, 2.75) is 45.4 Å². The van der Waals surface area contributed by atoms with Gasteiger partial charge in [0.2, 0.25) is 5.88 Å². The Morgan fingerprint density at radius 1 is 1.31 bits per heavy atom. The molecule has 0 fully saturated rings. The number of hydrogen-bond acceptors (Lipinski definition) is 5. The number of carbonyl (C=O) groups excluding carboxylic acids is 1. The summed E-state index contributed by atoms with van der Waals surface area (Å²) in [6.07, 6.45) is 1.50. The summed E-state index contributed by atoms with van der Waals surface area (Å²) in [5.74, 6) is -0.385. The van der Waals surface area contributed by atoms with Crippen LogP contribution in [0.25, 0.3) is 0 Å². The Hall–Kier alpha value is -2.68. The van der Waals surface area contributed by atoms with E-state index in [2.05, 4.69) is 38.8 Å². The Kier molecular flexibility index (Phi) is 5.22. The van der Waals surface area contributed by atoms with Gasteiger partial charge in [-0.2, -0.15) is 0 Å². The van der Waals surface area contributed by atoms with Crippen LogP contribution >= 0.6 is 0 Å². The van der Waals surface area contributed by atoms with E-state index >= 15 is 0 Å².